The molecule has 0 spiro atoms. The van der Waals surface area contributed by atoms with E-state index in [0.717, 1.165) is 15.8 Å². The first kappa shape index (κ1) is 8.99. The van der Waals surface area contributed by atoms with Crippen molar-refractivity contribution in [3.05, 3.63) is 28.2 Å². The van der Waals surface area contributed by atoms with Crippen molar-refractivity contribution in [2.45, 2.75) is 12.1 Å². The Morgan fingerprint density at radius 2 is 2.31 bits per heavy atom. The Morgan fingerprint density at radius 1 is 1.54 bits per heavy atom. The Hall–Kier alpha value is -0.580. The van der Waals surface area contributed by atoms with E-state index in [1.54, 1.807) is 0 Å². The van der Waals surface area contributed by atoms with Crippen molar-refractivity contribution < 1.29 is 9.84 Å². The normalized spacial score (nSPS) is 26.4. The van der Waals surface area contributed by atoms with Crippen molar-refractivity contribution in [3.8, 4) is 5.75 Å². The van der Waals surface area contributed by atoms with Crippen molar-refractivity contribution in [2.75, 3.05) is 6.61 Å². The van der Waals surface area contributed by atoms with Gasteiger partial charge in [-0.2, -0.15) is 0 Å². The van der Waals surface area contributed by atoms with E-state index in [4.69, 9.17) is 10.5 Å². The number of halogens is 1. The van der Waals surface area contributed by atoms with E-state index in [2.05, 4.69) is 15.9 Å². The Kier molecular flexibility index (Phi) is 2.27. The third-order valence-corrected chi connectivity index (χ3v) is 2.62. The topological polar surface area (TPSA) is 55.5 Å². The van der Waals surface area contributed by atoms with Crippen LogP contribution in [0.1, 0.15) is 11.7 Å². The lowest BCUT2D eigenvalue weighted by molar-refractivity contribution is 0.0915. The molecule has 2 rings (SSSR count). The molecule has 1 aromatic rings. The Balaban J connectivity index is 2.45. The number of aliphatic hydroxyl groups is 1. The van der Waals surface area contributed by atoms with E-state index in [0.29, 0.717) is 6.61 Å². The summed E-state index contributed by atoms with van der Waals surface area (Å²) in [7, 11) is 0. The molecular weight excluding hydrogens is 234 g/mol. The molecule has 3 nitrogen and oxygen atoms in total. The highest BCUT2D eigenvalue weighted by molar-refractivity contribution is 9.10. The number of rotatable bonds is 0. The first-order valence-electron chi connectivity index (χ1n) is 4.04. The number of hydrogen-bond donors (Lipinski definition) is 2. The number of benzene rings is 1. The number of ether oxygens (including phenoxy) is 1. The van der Waals surface area contributed by atoms with Crippen LogP contribution in [0.5, 0.6) is 5.75 Å². The van der Waals surface area contributed by atoms with Gasteiger partial charge in [-0.3, -0.25) is 0 Å². The van der Waals surface area contributed by atoms with E-state index in [1.807, 2.05) is 18.2 Å². The lowest BCUT2D eigenvalue weighted by atomic mass is 10.0. The lowest BCUT2D eigenvalue weighted by Gasteiger charge is -2.27. The second kappa shape index (κ2) is 3.29. The average Bonchev–Trinajstić information content (AvgIpc) is 2.12. The highest BCUT2D eigenvalue weighted by Gasteiger charge is 2.26. The fourth-order valence-corrected chi connectivity index (χ4v) is 1.77. The van der Waals surface area contributed by atoms with Crippen molar-refractivity contribution in [1.29, 1.82) is 0 Å². The van der Waals surface area contributed by atoms with Crippen LogP contribution >= 0.6 is 15.9 Å². The molecule has 4 heteroatoms. The Morgan fingerprint density at radius 3 is 3.08 bits per heavy atom. The molecule has 3 N–H and O–H groups in total. The molecule has 0 fully saturated rings. The zero-order valence-electron chi connectivity index (χ0n) is 6.90. The maximum absolute atomic E-state index is 9.73. The summed E-state index contributed by atoms with van der Waals surface area (Å²) in [4.78, 5) is 0. The monoisotopic (exact) mass is 243 g/mol. The zero-order valence-corrected chi connectivity index (χ0v) is 8.49. The second-order valence-corrected chi connectivity index (χ2v) is 4.02. The first-order chi connectivity index (χ1) is 6.18. The average molecular weight is 244 g/mol. The molecule has 1 aromatic carbocycles. The molecule has 70 valence electrons. The predicted octanol–water partition coefficient (Wildman–Crippen LogP) is 1.20. The molecule has 1 heterocycles. The van der Waals surface area contributed by atoms with Crippen LogP contribution in [-0.4, -0.2) is 17.8 Å². The van der Waals surface area contributed by atoms with Crippen molar-refractivity contribution in [3.63, 3.8) is 0 Å². The molecular formula is C9H10BrNO2. The molecule has 0 saturated carbocycles. The molecule has 1 aliphatic rings. The maximum Gasteiger partial charge on any atom is 0.125 e. The van der Waals surface area contributed by atoms with Gasteiger partial charge in [0.1, 0.15) is 18.5 Å². The molecule has 0 aromatic heterocycles. The van der Waals surface area contributed by atoms with Crippen LogP contribution in [0.3, 0.4) is 0 Å². The highest BCUT2D eigenvalue weighted by Crippen LogP contribution is 2.33. The van der Waals surface area contributed by atoms with Gasteiger partial charge in [0.2, 0.25) is 0 Å². The van der Waals surface area contributed by atoms with Gasteiger partial charge in [0, 0.05) is 10.0 Å². The van der Waals surface area contributed by atoms with Crippen molar-refractivity contribution in [1.82, 2.24) is 0 Å². The summed E-state index contributed by atoms with van der Waals surface area (Å²) in [5.74, 6) is 0.720. The highest BCUT2D eigenvalue weighted by atomic mass is 79.9. The van der Waals surface area contributed by atoms with Crippen LogP contribution in [0.2, 0.25) is 0 Å². The zero-order chi connectivity index (χ0) is 9.42. The molecule has 2 unspecified atom stereocenters. The quantitative estimate of drug-likeness (QED) is 0.721. The summed E-state index contributed by atoms with van der Waals surface area (Å²) >= 11 is 3.33. The van der Waals surface area contributed by atoms with E-state index < -0.39 is 6.10 Å². The van der Waals surface area contributed by atoms with Crippen LogP contribution in [0, 0.1) is 0 Å². The van der Waals surface area contributed by atoms with Crippen LogP contribution in [0.4, 0.5) is 0 Å². The molecule has 0 amide bonds. The van der Waals surface area contributed by atoms with Gasteiger partial charge in [-0.05, 0) is 18.2 Å². The summed E-state index contributed by atoms with van der Waals surface area (Å²) in [6.07, 6.45) is -0.624. The molecule has 0 radical (unpaired) electrons. The summed E-state index contributed by atoms with van der Waals surface area (Å²) < 4.78 is 6.27. The minimum Gasteiger partial charge on any atom is -0.491 e. The molecule has 0 saturated heterocycles. The standard InChI is InChI=1S/C9H10BrNO2/c10-5-1-2-8-6(3-5)9(12)7(11)4-13-8/h1-3,7,9,12H,4,11H2. The molecule has 13 heavy (non-hydrogen) atoms. The largest absolute Gasteiger partial charge is 0.491 e. The smallest absolute Gasteiger partial charge is 0.125 e. The van der Waals surface area contributed by atoms with Gasteiger partial charge in [-0.1, -0.05) is 15.9 Å². The third kappa shape index (κ3) is 1.57. The summed E-state index contributed by atoms with van der Waals surface area (Å²) in [6.45, 7) is 0.371. The van der Waals surface area contributed by atoms with Crippen molar-refractivity contribution in [2.24, 2.45) is 5.73 Å². The van der Waals surface area contributed by atoms with E-state index in [1.165, 1.54) is 0 Å². The summed E-state index contributed by atoms with van der Waals surface area (Å²) in [5.41, 5.74) is 6.41. The fraction of sp³-hybridized carbons (Fsp3) is 0.333. The summed E-state index contributed by atoms with van der Waals surface area (Å²) in [6, 6.07) is 5.21. The van der Waals surface area contributed by atoms with Crippen LogP contribution in [-0.2, 0) is 0 Å². The third-order valence-electron chi connectivity index (χ3n) is 2.13. The van der Waals surface area contributed by atoms with Gasteiger partial charge >= 0.3 is 0 Å². The van der Waals surface area contributed by atoms with Crippen LogP contribution in [0.25, 0.3) is 0 Å². The Labute approximate surface area is 84.6 Å². The Bertz CT molecular complexity index is 329. The van der Waals surface area contributed by atoms with Crippen LogP contribution < -0.4 is 10.5 Å². The van der Waals surface area contributed by atoms with E-state index >= 15 is 0 Å². The van der Waals surface area contributed by atoms with E-state index in [-0.39, 0.29) is 6.04 Å². The van der Waals surface area contributed by atoms with Gasteiger partial charge in [0.25, 0.3) is 0 Å². The lowest BCUT2D eigenvalue weighted by Crippen LogP contribution is -2.38. The minimum atomic E-state index is -0.624. The molecule has 0 aliphatic carbocycles. The first-order valence-corrected chi connectivity index (χ1v) is 4.83. The fourth-order valence-electron chi connectivity index (χ4n) is 1.39. The minimum absolute atomic E-state index is 0.332. The number of aliphatic hydroxyl groups excluding tert-OH is 1. The van der Waals surface area contributed by atoms with Crippen LogP contribution in [0.15, 0.2) is 22.7 Å². The van der Waals surface area contributed by atoms with Gasteiger partial charge in [0.15, 0.2) is 0 Å². The molecule has 1 aliphatic heterocycles. The van der Waals surface area contributed by atoms with Gasteiger partial charge in [-0.25, -0.2) is 0 Å². The van der Waals surface area contributed by atoms with Gasteiger partial charge < -0.3 is 15.6 Å². The number of nitrogens with two attached hydrogens (primary N) is 1. The molecule has 0 bridgehead atoms. The van der Waals surface area contributed by atoms with Crippen molar-refractivity contribution >= 4 is 15.9 Å². The molecule has 2 atom stereocenters. The van der Waals surface area contributed by atoms with Gasteiger partial charge in [-0.15, -0.1) is 0 Å². The maximum atomic E-state index is 9.73. The summed E-state index contributed by atoms with van der Waals surface area (Å²) in [5, 5.41) is 9.73. The number of fused-ring (bicyclic) bond motifs is 1. The predicted molar refractivity (Wildman–Crippen MR) is 52.6 cm³/mol. The SMILES string of the molecule is NC1COc2ccc(Br)cc2C1O. The number of hydrogen-bond acceptors (Lipinski definition) is 3. The van der Waals surface area contributed by atoms with Gasteiger partial charge in [0.05, 0.1) is 6.04 Å². The second-order valence-electron chi connectivity index (χ2n) is 3.10. The van der Waals surface area contributed by atoms with E-state index in [9.17, 15) is 5.11 Å².